The Morgan fingerprint density at radius 2 is 0.519 bits per heavy atom. The summed E-state index contributed by atoms with van der Waals surface area (Å²) in [7, 11) is 0. The maximum atomic E-state index is 12.9. The summed E-state index contributed by atoms with van der Waals surface area (Å²) in [6.07, 6.45) is 88.1. The number of hydrogen-bond donors (Lipinski definition) is 0. The van der Waals surface area contributed by atoms with Crippen molar-refractivity contribution in [2.45, 2.75) is 361 Å². The first-order valence-electron chi connectivity index (χ1n) is 34.4. The van der Waals surface area contributed by atoms with Crippen LogP contribution in [0.3, 0.4) is 0 Å². The number of unbranched alkanes of at least 4 members (excludes halogenated alkanes) is 40. The Labute approximate surface area is 491 Å². The summed E-state index contributed by atoms with van der Waals surface area (Å²) >= 11 is 0. The van der Waals surface area contributed by atoms with Crippen molar-refractivity contribution in [1.82, 2.24) is 0 Å². The van der Waals surface area contributed by atoms with Crippen LogP contribution in [0.2, 0.25) is 0 Å². The fourth-order valence-corrected chi connectivity index (χ4v) is 10.0. The van der Waals surface area contributed by atoms with E-state index in [1.54, 1.807) is 0 Å². The van der Waals surface area contributed by atoms with E-state index in [0.717, 1.165) is 103 Å². The summed E-state index contributed by atoms with van der Waals surface area (Å²) in [5.74, 6) is -0.878. The maximum absolute atomic E-state index is 12.9. The number of allylic oxidation sites excluding steroid dienone is 12. The average Bonchev–Trinajstić information content (AvgIpc) is 3.45. The smallest absolute Gasteiger partial charge is 0.306 e. The van der Waals surface area contributed by atoms with E-state index in [1.165, 1.54) is 212 Å². The second-order valence-electron chi connectivity index (χ2n) is 23.1. The lowest BCUT2D eigenvalue weighted by molar-refractivity contribution is -0.167. The second-order valence-corrected chi connectivity index (χ2v) is 23.1. The highest BCUT2D eigenvalue weighted by atomic mass is 16.6. The van der Waals surface area contributed by atoms with Gasteiger partial charge in [0.05, 0.1) is 0 Å². The van der Waals surface area contributed by atoms with Crippen molar-refractivity contribution in [3.63, 3.8) is 0 Å². The molecular weight excluding hydrogens is 973 g/mol. The minimum Gasteiger partial charge on any atom is -0.462 e. The van der Waals surface area contributed by atoms with Gasteiger partial charge in [0.2, 0.25) is 0 Å². The lowest BCUT2D eigenvalue weighted by atomic mass is 10.0. The molecule has 0 radical (unpaired) electrons. The molecule has 0 saturated carbocycles. The Hall–Kier alpha value is -3.15. The van der Waals surface area contributed by atoms with E-state index in [2.05, 4.69) is 93.7 Å². The number of rotatable bonds is 63. The van der Waals surface area contributed by atoms with Crippen molar-refractivity contribution in [1.29, 1.82) is 0 Å². The summed E-state index contributed by atoms with van der Waals surface area (Å²) in [6.45, 7) is 6.49. The molecule has 0 heterocycles. The van der Waals surface area contributed by atoms with Gasteiger partial charge in [-0.1, -0.05) is 306 Å². The summed E-state index contributed by atoms with van der Waals surface area (Å²) < 4.78 is 16.9. The Bertz CT molecular complexity index is 1450. The summed E-state index contributed by atoms with van der Waals surface area (Å²) in [6, 6.07) is 0. The van der Waals surface area contributed by atoms with E-state index in [4.69, 9.17) is 14.2 Å². The molecule has 0 aliphatic rings. The van der Waals surface area contributed by atoms with Crippen molar-refractivity contribution in [3.8, 4) is 0 Å². The maximum Gasteiger partial charge on any atom is 0.306 e. The number of carbonyl (C=O) groups is 3. The molecule has 1 unspecified atom stereocenters. The molecule has 0 aromatic carbocycles. The molecule has 0 aliphatic heterocycles. The van der Waals surface area contributed by atoms with Crippen LogP contribution in [0.5, 0.6) is 0 Å². The molecule has 0 amide bonds. The monoisotopic (exact) mass is 1100 g/mol. The molecule has 0 aromatic rings. The van der Waals surface area contributed by atoms with Crippen molar-refractivity contribution in [3.05, 3.63) is 72.9 Å². The number of hydrogen-bond acceptors (Lipinski definition) is 6. The quantitative estimate of drug-likeness (QED) is 0.0261. The molecule has 0 fully saturated rings. The van der Waals surface area contributed by atoms with E-state index in [-0.39, 0.29) is 31.1 Å². The van der Waals surface area contributed by atoms with E-state index in [0.29, 0.717) is 19.3 Å². The van der Waals surface area contributed by atoms with Crippen molar-refractivity contribution >= 4 is 17.9 Å². The highest BCUT2D eigenvalue weighted by Crippen LogP contribution is 2.18. The first-order valence-corrected chi connectivity index (χ1v) is 34.4. The van der Waals surface area contributed by atoms with Gasteiger partial charge in [-0.2, -0.15) is 0 Å². The van der Waals surface area contributed by atoms with Gasteiger partial charge >= 0.3 is 17.9 Å². The first kappa shape index (κ1) is 75.8. The minimum absolute atomic E-state index is 0.0765. The highest BCUT2D eigenvalue weighted by Gasteiger charge is 2.19. The molecule has 6 heteroatoms. The van der Waals surface area contributed by atoms with Crippen LogP contribution in [-0.4, -0.2) is 37.2 Å². The van der Waals surface area contributed by atoms with Crippen LogP contribution in [0.1, 0.15) is 355 Å². The lowest BCUT2D eigenvalue weighted by Gasteiger charge is -2.18. The fourth-order valence-electron chi connectivity index (χ4n) is 10.0. The molecule has 0 rings (SSSR count). The molecule has 79 heavy (non-hydrogen) atoms. The van der Waals surface area contributed by atoms with E-state index < -0.39 is 6.10 Å². The SMILES string of the molecule is CC/C=C\C/C=C\C/C=C\C/C=C\CCCCCCCCCCCCCCCCCCCCCCCCC(=O)OCC(COC(=O)CCCCCCC/C=C\CCC)OC(=O)CCCCCCC/C=C\CCCCCCCCC. The average molecular weight is 1100 g/mol. The van der Waals surface area contributed by atoms with Crippen LogP contribution in [0.25, 0.3) is 0 Å². The van der Waals surface area contributed by atoms with Crippen LogP contribution >= 0.6 is 0 Å². The van der Waals surface area contributed by atoms with Gasteiger partial charge in [-0.25, -0.2) is 0 Å². The summed E-state index contributed by atoms with van der Waals surface area (Å²) in [5.41, 5.74) is 0. The van der Waals surface area contributed by atoms with Gasteiger partial charge in [-0.3, -0.25) is 14.4 Å². The van der Waals surface area contributed by atoms with Gasteiger partial charge in [-0.05, 0) is 103 Å². The molecule has 1 atom stereocenters. The van der Waals surface area contributed by atoms with Gasteiger partial charge in [-0.15, -0.1) is 0 Å². The van der Waals surface area contributed by atoms with Crippen LogP contribution < -0.4 is 0 Å². The van der Waals surface area contributed by atoms with Gasteiger partial charge in [0.25, 0.3) is 0 Å². The number of carbonyl (C=O) groups excluding carboxylic acids is 3. The Kier molecular flexibility index (Phi) is 64.7. The van der Waals surface area contributed by atoms with Gasteiger partial charge in [0.1, 0.15) is 13.2 Å². The standard InChI is InChI=1S/C73H130O6/c1-4-7-10-13-16-19-22-24-26-28-29-30-31-32-33-34-35-36-37-38-39-40-41-42-43-44-45-46-48-49-51-54-57-60-63-66-72(75)78-69-70(68-77-71(74)65-62-59-56-53-21-18-15-12-9-6-3)79-73(76)67-64-61-58-55-52-50-47-27-25-23-20-17-14-11-8-5-2/h7,10,12,15-16,19,24,26-27,29-30,47,70H,4-6,8-9,11,13-14,17-18,20-23,25,28,31-46,48-69H2,1-3H3/b10-7-,15-12-,19-16-,26-24-,30-29-,47-27-. The highest BCUT2D eigenvalue weighted by molar-refractivity contribution is 5.71. The van der Waals surface area contributed by atoms with Crippen molar-refractivity contribution in [2.75, 3.05) is 13.2 Å². The predicted octanol–water partition coefficient (Wildman–Crippen LogP) is 23.7. The molecular formula is C73H130O6. The van der Waals surface area contributed by atoms with Gasteiger partial charge in [0, 0.05) is 19.3 Å². The molecule has 0 spiro atoms. The van der Waals surface area contributed by atoms with E-state index >= 15 is 0 Å². The first-order chi connectivity index (χ1) is 39.0. The molecule has 0 saturated heterocycles. The topological polar surface area (TPSA) is 78.9 Å². The van der Waals surface area contributed by atoms with Crippen LogP contribution in [-0.2, 0) is 28.6 Å². The third-order valence-corrected chi connectivity index (χ3v) is 15.1. The molecule has 0 N–H and O–H groups in total. The molecule has 0 aliphatic carbocycles. The zero-order valence-electron chi connectivity index (χ0n) is 52.6. The zero-order valence-corrected chi connectivity index (χ0v) is 52.6. The van der Waals surface area contributed by atoms with Crippen molar-refractivity contribution in [2.24, 2.45) is 0 Å². The lowest BCUT2D eigenvalue weighted by Crippen LogP contribution is -2.30. The predicted molar refractivity (Wildman–Crippen MR) is 344 cm³/mol. The summed E-state index contributed by atoms with van der Waals surface area (Å²) in [4.78, 5) is 38.2. The van der Waals surface area contributed by atoms with Gasteiger partial charge < -0.3 is 14.2 Å². The van der Waals surface area contributed by atoms with Crippen LogP contribution in [0.15, 0.2) is 72.9 Å². The number of esters is 3. The third-order valence-electron chi connectivity index (χ3n) is 15.1. The largest absolute Gasteiger partial charge is 0.462 e. The zero-order chi connectivity index (χ0) is 57.1. The van der Waals surface area contributed by atoms with Crippen molar-refractivity contribution < 1.29 is 28.6 Å². The molecule has 458 valence electrons. The fraction of sp³-hybridized carbons (Fsp3) is 0.795. The van der Waals surface area contributed by atoms with Crippen LogP contribution in [0, 0.1) is 0 Å². The molecule has 0 aromatic heterocycles. The second kappa shape index (κ2) is 67.4. The normalized spacial score (nSPS) is 12.5. The van der Waals surface area contributed by atoms with E-state index in [9.17, 15) is 14.4 Å². The molecule has 6 nitrogen and oxygen atoms in total. The third kappa shape index (κ3) is 65.5. The van der Waals surface area contributed by atoms with Crippen LogP contribution in [0.4, 0.5) is 0 Å². The Morgan fingerprint density at radius 1 is 0.266 bits per heavy atom. The molecule has 0 bridgehead atoms. The Morgan fingerprint density at radius 3 is 0.835 bits per heavy atom. The Balaban J connectivity index is 4.03. The summed E-state index contributed by atoms with van der Waals surface area (Å²) in [5, 5.41) is 0. The minimum atomic E-state index is -0.780. The van der Waals surface area contributed by atoms with E-state index in [1.807, 2.05) is 0 Å². The number of ether oxygens (including phenoxy) is 3. The van der Waals surface area contributed by atoms with Gasteiger partial charge in [0.15, 0.2) is 6.10 Å².